The Kier molecular flexibility index (Phi) is 3.07. The molecule has 2 aromatic rings. The zero-order chi connectivity index (χ0) is 11.7. The van der Waals surface area contributed by atoms with E-state index in [4.69, 9.17) is 17.0 Å². The summed E-state index contributed by atoms with van der Waals surface area (Å²) in [5.41, 5.74) is 0. The summed E-state index contributed by atoms with van der Waals surface area (Å²) in [6.45, 7) is 1.79. The highest BCUT2D eigenvalue weighted by Crippen LogP contribution is 2.26. The summed E-state index contributed by atoms with van der Waals surface area (Å²) >= 11 is 6.82. The number of hydrogen-bond donors (Lipinski definition) is 0. The summed E-state index contributed by atoms with van der Waals surface area (Å²) < 4.78 is 8.31. The topological polar surface area (TPSA) is 31.2 Å². The molecule has 0 saturated heterocycles. The Balaban J connectivity index is 2.58. The summed E-state index contributed by atoms with van der Waals surface area (Å²) in [7, 11) is 1.38. The van der Waals surface area contributed by atoms with Crippen molar-refractivity contribution in [2.24, 2.45) is 0 Å². The molecule has 0 radical (unpaired) electrons. The Morgan fingerprint density at radius 1 is 1.50 bits per heavy atom. The lowest BCUT2D eigenvalue weighted by atomic mass is 10.3. The molecule has 1 aromatic heterocycles. The molecule has 1 atom stereocenters. The minimum Gasteiger partial charge on any atom is -0.467 e. The van der Waals surface area contributed by atoms with Gasteiger partial charge in [0.1, 0.15) is 10.7 Å². The number of esters is 1. The van der Waals surface area contributed by atoms with Crippen LogP contribution in [0.1, 0.15) is 13.0 Å². The van der Waals surface area contributed by atoms with Crippen LogP contribution in [0, 0.1) is 4.64 Å². The first-order valence-electron chi connectivity index (χ1n) is 4.83. The van der Waals surface area contributed by atoms with E-state index < -0.39 is 0 Å². The van der Waals surface area contributed by atoms with E-state index in [2.05, 4.69) is 0 Å². The zero-order valence-electron chi connectivity index (χ0n) is 8.97. The highest BCUT2D eigenvalue weighted by Gasteiger charge is 2.18. The standard InChI is InChI=1S/C11H11NO2S2/c1-7(11(13)14-2)12-10(15)8-5-3-4-6-9(8)16-12/h3-7H,1-2H3. The maximum atomic E-state index is 11.5. The van der Waals surface area contributed by atoms with Gasteiger partial charge in [0.25, 0.3) is 0 Å². The van der Waals surface area contributed by atoms with Gasteiger partial charge in [0, 0.05) is 5.39 Å². The number of carbonyl (C=O) groups excluding carboxylic acids is 1. The molecule has 0 fully saturated rings. The largest absolute Gasteiger partial charge is 0.467 e. The van der Waals surface area contributed by atoms with E-state index in [0.29, 0.717) is 4.64 Å². The minimum absolute atomic E-state index is 0.275. The van der Waals surface area contributed by atoms with Crippen LogP contribution in [-0.2, 0) is 9.53 Å². The van der Waals surface area contributed by atoms with Crippen molar-refractivity contribution in [3.63, 3.8) is 0 Å². The van der Waals surface area contributed by atoms with Crippen LogP contribution in [0.2, 0.25) is 0 Å². The second-order valence-electron chi connectivity index (χ2n) is 3.42. The molecule has 0 amide bonds. The van der Waals surface area contributed by atoms with Crippen LogP contribution >= 0.6 is 23.8 Å². The van der Waals surface area contributed by atoms with Crippen molar-refractivity contribution < 1.29 is 9.53 Å². The monoisotopic (exact) mass is 253 g/mol. The van der Waals surface area contributed by atoms with Gasteiger partial charge in [0.15, 0.2) is 0 Å². The van der Waals surface area contributed by atoms with Crippen LogP contribution in [0.5, 0.6) is 0 Å². The molecule has 84 valence electrons. The molecule has 0 bridgehead atoms. The molecule has 1 unspecified atom stereocenters. The number of benzene rings is 1. The summed E-state index contributed by atoms with van der Waals surface area (Å²) in [6.07, 6.45) is 0. The summed E-state index contributed by atoms with van der Waals surface area (Å²) in [6, 6.07) is 7.50. The number of hydrogen-bond acceptors (Lipinski definition) is 4. The lowest BCUT2D eigenvalue weighted by Crippen LogP contribution is -2.15. The van der Waals surface area contributed by atoms with Gasteiger partial charge in [-0.2, -0.15) is 0 Å². The Morgan fingerprint density at radius 3 is 2.81 bits per heavy atom. The van der Waals surface area contributed by atoms with Crippen LogP contribution < -0.4 is 0 Å². The van der Waals surface area contributed by atoms with Crippen molar-refractivity contribution in [2.75, 3.05) is 7.11 Å². The molecule has 1 heterocycles. The smallest absolute Gasteiger partial charge is 0.329 e. The molecular weight excluding hydrogens is 242 g/mol. The van der Waals surface area contributed by atoms with Crippen molar-refractivity contribution in [1.82, 2.24) is 3.96 Å². The van der Waals surface area contributed by atoms with Gasteiger partial charge in [-0.1, -0.05) is 41.9 Å². The van der Waals surface area contributed by atoms with E-state index in [0.717, 1.165) is 10.1 Å². The molecule has 0 aliphatic carbocycles. The van der Waals surface area contributed by atoms with Gasteiger partial charge in [-0.25, -0.2) is 4.79 Å². The second-order valence-corrected chi connectivity index (χ2v) is 4.82. The van der Waals surface area contributed by atoms with Gasteiger partial charge >= 0.3 is 5.97 Å². The van der Waals surface area contributed by atoms with Crippen LogP contribution in [0.3, 0.4) is 0 Å². The normalized spacial score (nSPS) is 12.6. The lowest BCUT2D eigenvalue weighted by molar-refractivity contribution is -0.143. The predicted molar refractivity (Wildman–Crippen MR) is 67.4 cm³/mol. The minimum atomic E-state index is -0.366. The molecule has 2 rings (SSSR count). The number of carbonyl (C=O) groups is 1. The highest BCUT2D eigenvalue weighted by atomic mass is 32.1. The van der Waals surface area contributed by atoms with Crippen molar-refractivity contribution in [2.45, 2.75) is 13.0 Å². The molecule has 0 saturated carbocycles. The maximum absolute atomic E-state index is 11.5. The van der Waals surface area contributed by atoms with Crippen molar-refractivity contribution in [3.8, 4) is 0 Å². The molecule has 0 aliphatic heterocycles. The van der Waals surface area contributed by atoms with E-state index in [-0.39, 0.29) is 12.0 Å². The Labute approximate surface area is 102 Å². The van der Waals surface area contributed by atoms with E-state index >= 15 is 0 Å². The molecule has 0 N–H and O–H groups in total. The fourth-order valence-electron chi connectivity index (χ4n) is 1.51. The number of nitrogens with zero attached hydrogens (tertiary/aromatic N) is 1. The summed E-state index contributed by atoms with van der Waals surface area (Å²) in [5, 5.41) is 1.01. The third kappa shape index (κ3) is 1.76. The van der Waals surface area contributed by atoms with Crippen molar-refractivity contribution in [3.05, 3.63) is 28.9 Å². The number of methoxy groups -OCH3 is 1. The van der Waals surface area contributed by atoms with E-state index in [9.17, 15) is 4.79 Å². The van der Waals surface area contributed by atoms with Gasteiger partial charge in [-0.15, -0.1) is 0 Å². The number of aromatic nitrogens is 1. The van der Waals surface area contributed by atoms with E-state index in [1.807, 2.05) is 28.2 Å². The summed E-state index contributed by atoms with van der Waals surface area (Å²) in [4.78, 5) is 11.5. The SMILES string of the molecule is COC(=O)C(C)n1sc2ccccc2c1=S. The third-order valence-electron chi connectivity index (χ3n) is 2.41. The third-order valence-corrected chi connectivity index (χ3v) is 4.19. The average molecular weight is 253 g/mol. The lowest BCUT2D eigenvalue weighted by Gasteiger charge is -2.08. The summed E-state index contributed by atoms with van der Waals surface area (Å²) in [5.74, 6) is -0.275. The predicted octanol–water partition coefficient (Wildman–Crippen LogP) is 3.17. The molecule has 3 nitrogen and oxygen atoms in total. The molecule has 1 aromatic carbocycles. The van der Waals surface area contributed by atoms with Crippen molar-refractivity contribution >= 4 is 39.8 Å². The first kappa shape index (κ1) is 11.3. The fraction of sp³-hybridized carbons (Fsp3) is 0.273. The molecule has 0 spiro atoms. The van der Waals surface area contributed by atoms with Gasteiger partial charge in [-0.3, -0.25) is 3.96 Å². The van der Waals surface area contributed by atoms with Crippen LogP contribution in [0.25, 0.3) is 10.1 Å². The second kappa shape index (κ2) is 4.35. The molecule has 0 aliphatic rings. The number of rotatable bonds is 2. The Bertz CT molecular complexity index is 585. The number of fused-ring (bicyclic) bond motifs is 1. The van der Waals surface area contributed by atoms with Crippen LogP contribution in [-0.4, -0.2) is 17.0 Å². The van der Waals surface area contributed by atoms with E-state index in [1.165, 1.54) is 18.6 Å². The molecule has 16 heavy (non-hydrogen) atoms. The molecular formula is C11H11NO2S2. The average Bonchev–Trinajstić information content (AvgIpc) is 2.65. The quantitative estimate of drug-likeness (QED) is 0.608. The van der Waals surface area contributed by atoms with Crippen LogP contribution in [0.4, 0.5) is 0 Å². The first-order valence-corrected chi connectivity index (χ1v) is 6.01. The van der Waals surface area contributed by atoms with Crippen molar-refractivity contribution in [1.29, 1.82) is 0 Å². The van der Waals surface area contributed by atoms with Gasteiger partial charge in [0.2, 0.25) is 0 Å². The Hall–Kier alpha value is -1.20. The van der Waals surface area contributed by atoms with Gasteiger partial charge in [-0.05, 0) is 13.0 Å². The fourth-order valence-corrected chi connectivity index (χ4v) is 3.06. The highest BCUT2D eigenvalue weighted by molar-refractivity contribution is 7.71. The molecule has 5 heteroatoms. The van der Waals surface area contributed by atoms with Crippen LogP contribution in [0.15, 0.2) is 24.3 Å². The first-order chi connectivity index (χ1) is 7.65. The maximum Gasteiger partial charge on any atom is 0.329 e. The number of ether oxygens (including phenoxy) is 1. The van der Waals surface area contributed by atoms with Gasteiger partial charge in [0.05, 0.1) is 11.8 Å². The zero-order valence-corrected chi connectivity index (χ0v) is 10.6. The van der Waals surface area contributed by atoms with E-state index in [1.54, 1.807) is 6.92 Å². The Morgan fingerprint density at radius 2 is 2.19 bits per heavy atom. The van der Waals surface area contributed by atoms with Gasteiger partial charge < -0.3 is 4.74 Å².